The molecule has 0 spiro atoms. The van der Waals surface area contributed by atoms with Crippen molar-refractivity contribution >= 4 is 28.2 Å². The number of fused-ring (bicyclic) bond motifs is 1. The Balaban J connectivity index is 1.68. The minimum atomic E-state index is -0.388. The Morgan fingerprint density at radius 3 is 2.86 bits per heavy atom. The smallest absolute Gasteiger partial charge is 0.257 e. The van der Waals surface area contributed by atoms with E-state index >= 15 is 0 Å². The van der Waals surface area contributed by atoms with Crippen molar-refractivity contribution in [2.75, 3.05) is 11.9 Å². The fraction of sp³-hybridized carbons (Fsp3) is 0.500. The van der Waals surface area contributed by atoms with Crippen LogP contribution in [-0.2, 0) is 12.8 Å². The predicted octanol–water partition coefficient (Wildman–Crippen LogP) is 3.51. The van der Waals surface area contributed by atoms with Crippen molar-refractivity contribution in [2.45, 2.75) is 58.1 Å². The van der Waals surface area contributed by atoms with Gasteiger partial charge in [0.2, 0.25) is 0 Å². The Morgan fingerprint density at radius 2 is 2.14 bits per heavy atom. The van der Waals surface area contributed by atoms with Crippen LogP contribution in [0.4, 0.5) is 5.00 Å². The molecule has 1 saturated heterocycles. The fourth-order valence-electron chi connectivity index (χ4n) is 4.41. The van der Waals surface area contributed by atoms with Crippen molar-refractivity contribution in [2.24, 2.45) is 5.92 Å². The average Bonchev–Trinajstić information content (AvgIpc) is 3.05. The Hall–Kier alpha value is -2.25. The van der Waals surface area contributed by atoms with Crippen LogP contribution in [0.2, 0.25) is 0 Å². The van der Waals surface area contributed by atoms with Gasteiger partial charge in [-0.05, 0) is 56.2 Å². The van der Waals surface area contributed by atoms with E-state index in [1.54, 1.807) is 18.3 Å². The number of carbonyl (C=O) groups is 2. The van der Waals surface area contributed by atoms with Crippen LogP contribution < -0.4 is 5.32 Å². The van der Waals surface area contributed by atoms with Gasteiger partial charge in [-0.3, -0.25) is 14.6 Å². The second-order valence-corrected chi connectivity index (χ2v) is 9.38. The number of nitrogens with zero attached hydrogens (tertiary/aromatic N) is 2. The van der Waals surface area contributed by atoms with Gasteiger partial charge in [0.15, 0.2) is 0 Å². The lowest BCUT2D eigenvalue weighted by molar-refractivity contribution is 0.0588. The van der Waals surface area contributed by atoms with Crippen LogP contribution in [0.15, 0.2) is 24.5 Å². The first-order valence-electron chi connectivity index (χ1n) is 10.3. The largest absolute Gasteiger partial charge is 0.393 e. The van der Waals surface area contributed by atoms with Crippen molar-refractivity contribution in [3.05, 3.63) is 46.1 Å². The van der Waals surface area contributed by atoms with E-state index in [9.17, 15) is 14.7 Å². The number of aromatic nitrogens is 1. The summed E-state index contributed by atoms with van der Waals surface area (Å²) in [6.45, 7) is 5.07. The number of nitrogens with one attached hydrogen (secondary N) is 1. The topological polar surface area (TPSA) is 82.5 Å². The summed E-state index contributed by atoms with van der Waals surface area (Å²) in [5.41, 5.74) is 2.07. The highest BCUT2D eigenvalue weighted by molar-refractivity contribution is 7.17. The maximum Gasteiger partial charge on any atom is 0.257 e. The number of thiophene rings is 1. The Kier molecular flexibility index (Phi) is 5.69. The summed E-state index contributed by atoms with van der Waals surface area (Å²) in [6, 6.07) is 3.60. The number of aliphatic hydroxyl groups is 1. The molecule has 1 aliphatic carbocycles. The number of hydrogen-bond donors (Lipinski definition) is 2. The maximum atomic E-state index is 13.6. The third-order valence-corrected chi connectivity index (χ3v) is 7.17. The van der Waals surface area contributed by atoms with Crippen LogP contribution in [0.3, 0.4) is 0 Å². The first-order valence-corrected chi connectivity index (χ1v) is 11.1. The molecule has 29 heavy (non-hydrogen) atoms. The van der Waals surface area contributed by atoms with Crippen molar-refractivity contribution in [3.8, 4) is 0 Å². The number of amides is 2. The molecule has 7 heteroatoms. The molecule has 1 unspecified atom stereocenters. The van der Waals surface area contributed by atoms with Gasteiger partial charge >= 0.3 is 0 Å². The third kappa shape index (κ3) is 4.07. The summed E-state index contributed by atoms with van der Waals surface area (Å²) < 4.78 is 0. The molecule has 3 atom stereocenters. The molecule has 4 rings (SSSR count). The molecule has 2 aromatic heterocycles. The Bertz CT molecular complexity index is 912. The molecule has 0 aromatic carbocycles. The van der Waals surface area contributed by atoms with Crippen LogP contribution in [0.5, 0.6) is 0 Å². The van der Waals surface area contributed by atoms with E-state index in [1.807, 2.05) is 4.90 Å². The van der Waals surface area contributed by atoms with Gasteiger partial charge in [0, 0.05) is 36.3 Å². The molecule has 6 nitrogen and oxygen atoms in total. The summed E-state index contributed by atoms with van der Waals surface area (Å²) in [5.74, 6) is 0.344. The van der Waals surface area contributed by atoms with E-state index in [2.05, 4.69) is 24.1 Å². The van der Waals surface area contributed by atoms with Crippen molar-refractivity contribution in [1.29, 1.82) is 0 Å². The lowest BCUT2D eigenvalue weighted by Gasteiger charge is -2.37. The molecular weight excluding hydrogens is 386 g/mol. The lowest BCUT2D eigenvalue weighted by Crippen LogP contribution is -2.44. The highest BCUT2D eigenvalue weighted by Crippen LogP contribution is 2.40. The quantitative estimate of drug-likeness (QED) is 0.807. The molecule has 1 fully saturated rings. The van der Waals surface area contributed by atoms with Gasteiger partial charge in [0.25, 0.3) is 11.8 Å². The molecule has 2 amide bonds. The molecule has 1 aliphatic heterocycles. The second-order valence-electron chi connectivity index (χ2n) is 8.28. The zero-order chi connectivity index (χ0) is 20.5. The normalized spacial score (nSPS) is 24.1. The molecule has 2 aliphatic rings. The molecular formula is C22H27N3O3S. The van der Waals surface area contributed by atoms with Gasteiger partial charge in [-0.1, -0.05) is 6.92 Å². The number of hydrogen-bond acceptors (Lipinski definition) is 5. The van der Waals surface area contributed by atoms with E-state index < -0.39 is 0 Å². The molecule has 2 aromatic rings. The van der Waals surface area contributed by atoms with Crippen molar-refractivity contribution < 1.29 is 14.7 Å². The molecule has 0 bridgehead atoms. The minimum absolute atomic E-state index is 0.000207. The number of pyridine rings is 1. The number of likely N-dealkylation sites (tertiary alicyclic amines) is 1. The highest BCUT2D eigenvalue weighted by atomic mass is 32.1. The Morgan fingerprint density at radius 1 is 1.31 bits per heavy atom. The SMILES string of the molecule is C[C@@H]1CCN(C(=O)c2c(NC(=O)c3cccnc3)sc3c2CCC(O)C3)[C@H](C)C1. The van der Waals surface area contributed by atoms with E-state index in [4.69, 9.17) is 0 Å². The van der Waals surface area contributed by atoms with Gasteiger partial charge in [-0.15, -0.1) is 11.3 Å². The van der Waals surface area contributed by atoms with Gasteiger partial charge in [-0.25, -0.2) is 0 Å². The molecule has 0 saturated carbocycles. The number of carbonyl (C=O) groups excluding carboxylic acids is 2. The standard InChI is InChI=1S/C22H27N3O3S/c1-13-7-9-25(14(2)10-13)22(28)19-17-6-5-16(26)11-18(17)29-21(19)24-20(27)15-4-3-8-23-12-15/h3-4,8,12-14,16,26H,5-7,9-11H2,1-2H3,(H,24,27)/t13-,14-,16?/m1/s1. The first kappa shape index (κ1) is 20.0. The summed E-state index contributed by atoms with van der Waals surface area (Å²) in [7, 11) is 0. The minimum Gasteiger partial charge on any atom is -0.393 e. The number of piperidine rings is 1. The number of rotatable bonds is 3. The summed E-state index contributed by atoms with van der Waals surface area (Å²) >= 11 is 1.42. The van der Waals surface area contributed by atoms with Crippen LogP contribution in [0, 0.1) is 5.92 Å². The fourth-order valence-corrected chi connectivity index (χ4v) is 5.71. The van der Waals surface area contributed by atoms with E-state index in [0.717, 1.165) is 29.8 Å². The van der Waals surface area contributed by atoms with Crippen LogP contribution in [-0.4, -0.2) is 45.5 Å². The van der Waals surface area contributed by atoms with Gasteiger partial charge in [0.1, 0.15) is 5.00 Å². The van der Waals surface area contributed by atoms with Gasteiger partial charge < -0.3 is 15.3 Å². The van der Waals surface area contributed by atoms with E-state index in [1.165, 1.54) is 17.5 Å². The van der Waals surface area contributed by atoms with E-state index in [0.29, 0.717) is 41.3 Å². The van der Waals surface area contributed by atoms with Crippen molar-refractivity contribution in [1.82, 2.24) is 9.88 Å². The molecule has 154 valence electrons. The van der Waals surface area contributed by atoms with E-state index in [-0.39, 0.29) is 24.0 Å². The van der Waals surface area contributed by atoms with Crippen LogP contribution in [0.1, 0.15) is 64.3 Å². The average molecular weight is 414 g/mol. The Labute approximate surface area is 175 Å². The number of anilines is 1. The predicted molar refractivity (Wildman–Crippen MR) is 113 cm³/mol. The molecule has 2 N–H and O–H groups in total. The first-order chi connectivity index (χ1) is 13.9. The maximum absolute atomic E-state index is 13.6. The third-order valence-electron chi connectivity index (χ3n) is 6.00. The molecule has 3 heterocycles. The zero-order valence-corrected chi connectivity index (χ0v) is 17.7. The van der Waals surface area contributed by atoms with Crippen LogP contribution in [0.25, 0.3) is 0 Å². The monoisotopic (exact) mass is 413 g/mol. The summed E-state index contributed by atoms with van der Waals surface area (Å²) in [4.78, 5) is 33.3. The second kappa shape index (κ2) is 8.24. The highest BCUT2D eigenvalue weighted by Gasteiger charge is 2.34. The van der Waals surface area contributed by atoms with Crippen molar-refractivity contribution in [3.63, 3.8) is 0 Å². The molecule has 0 radical (unpaired) electrons. The number of aliphatic hydroxyl groups excluding tert-OH is 1. The summed E-state index contributed by atoms with van der Waals surface area (Å²) in [6.07, 6.45) is 6.59. The van der Waals surface area contributed by atoms with Crippen LogP contribution >= 0.6 is 11.3 Å². The lowest BCUT2D eigenvalue weighted by atomic mass is 9.90. The van der Waals surface area contributed by atoms with Gasteiger partial charge in [-0.2, -0.15) is 0 Å². The van der Waals surface area contributed by atoms with Gasteiger partial charge in [0.05, 0.1) is 17.2 Å². The zero-order valence-electron chi connectivity index (χ0n) is 16.9. The summed E-state index contributed by atoms with van der Waals surface area (Å²) in [5, 5.41) is 13.6.